The van der Waals surface area contributed by atoms with Gasteiger partial charge in [-0.1, -0.05) is 91.0 Å². The van der Waals surface area contributed by atoms with Crippen LogP contribution in [-0.2, 0) is 15.1 Å². The van der Waals surface area contributed by atoms with Crippen molar-refractivity contribution >= 4 is 0 Å². The molecule has 0 amide bonds. The average Bonchev–Trinajstić information content (AvgIpc) is 3.63. The molecule has 1 aliphatic heterocycles. The molecule has 1 saturated heterocycles. The monoisotopic (exact) mass is 536 g/mol. The third-order valence-corrected chi connectivity index (χ3v) is 7.30. The molecule has 3 aromatic carbocycles. The van der Waals surface area contributed by atoms with Crippen LogP contribution >= 0.6 is 0 Å². The molecule has 1 aliphatic rings. The standard InChI is InChI=1S/C31H28N4O5/c36-26-17-20-34(30(38)33-26)29-27(35-19-10-18-32-35)28(37)25(40-29)21-39-31(22-11-4-1-5-12-22,23-13-6-2-7-14-23)24-15-8-3-9-16-24/h1-20,25,27-29,37H,21H2,(H,33,36,38)/t25-,27-,28+,29-/m1/s1. The number of aliphatic hydroxyl groups is 1. The Morgan fingerprint density at radius 3 is 1.90 bits per heavy atom. The van der Waals surface area contributed by atoms with Gasteiger partial charge >= 0.3 is 5.69 Å². The molecule has 1 fully saturated rings. The summed E-state index contributed by atoms with van der Waals surface area (Å²) in [4.78, 5) is 26.7. The Balaban J connectivity index is 1.41. The number of nitrogens with one attached hydrogen (secondary N) is 1. The maximum Gasteiger partial charge on any atom is 0.330 e. The van der Waals surface area contributed by atoms with Crippen LogP contribution < -0.4 is 11.2 Å². The second-order valence-electron chi connectivity index (χ2n) is 9.64. The van der Waals surface area contributed by atoms with Crippen molar-refractivity contribution in [1.82, 2.24) is 19.3 Å². The van der Waals surface area contributed by atoms with E-state index in [4.69, 9.17) is 9.47 Å². The van der Waals surface area contributed by atoms with Gasteiger partial charge in [-0.25, -0.2) is 4.79 Å². The molecule has 0 radical (unpaired) electrons. The molecule has 5 aromatic rings. The molecule has 2 N–H and O–H groups in total. The summed E-state index contributed by atoms with van der Waals surface area (Å²) in [6.45, 7) is -0.00772. The van der Waals surface area contributed by atoms with Gasteiger partial charge in [0.05, 0.1) is 6.61 Å². The summed E-state index contributed by atoms with van der Waals surface area (Å²) < 4.78 is 16.0. The molecule has 0 saturated carbocycles. The third-order valence-electron chi connectivity index (χ3n) is 7.30. The number of hydrogen-bond acceptors (Lipinski definition) is 6. The summed E-state index contributed by atoms with van der Waals surface area (Å²) in [6.07, 6.45) is 1.81. The summed E-state index contributed by atoms with van der Waals surface area (Å²) >= 11 is 0. The minimum Gasteiger partial charge on any atom is -0.388 e. The lowest BCUT2D eigenvalue weighted by molar-refractivity contribution is -0.0948. The summed E-state index contributed by atoms with van der Waals surface area (Å²) in [6, 6.07) is 32.0. The highest BCUT2D eigenvalue weighted by molar-refractivity contribution is 5.47. The van der Waals surface area contributed by atoms with Crippen molar-refractivity contribution in [3.05, 3.63) is 159 Å². The van der Waals surface area contributed by atoms with Gasteiger partial charge in [-0.05, 0) is 22.8 Å². The lowest BCUT2D eigenvalue weighted by Gasteiger charge is -2.37. The predicted octanol–water partition coefficient (Wildman–Crippen LogP) is 3.24. The van der Waals surface area contributed by atoms with Gasteiger partial charge in [0.1, 0.15) is 23.9 Å². The lowest BCUT2D eigenvalue weighted by Crippen LogP contribution is -2.39. The highest BCUT2D eigenvalue weighted by atomic mass is 16.6. The van der Waals surface area contributed by atoms with Crippen LogP contribution in [0.5, 0.6) is 0 Å². The van der Waals surface area contributed by atoms with Gasteiger partial charge in [0.15, 0.2) is 6.23 Å². The Labute approximate surface area is 229 Å². The molecule has 4 atom stereocenters. The number of rotatable bonds is 8. The first-order valence-electron chi connectivity index (χ1n) is 13.0. The fourth-order valence-electron chi connectivity index (χ4n) is 5.44. The Hall–Kier alpha value is -4.57. The predicted molar refractivity (Wildman–Crippen MR) is 148 cm³/mol. The Morgan fingerprint density at radius 1 is 0.825 bits per heavy atom. The smallest absolute Gasteiger partial charge is 0.330 e. The Bertz CT molecular complexity index is 1560. The number of benzene rings is 3. The normalized spacial score (nSPS) is 20.9. The SMILES string of the molecule is O=c1ccn([C@@H]2O[C@H](COC(c3ccccc3)(c3ccccc3)c3ccccc3)[C@H](O)[C@H]2n2cccn2)c(=O)[nH]1. The maximum atomic E-state index is 12.7. The number of aliphatic hydroxyl groups excluding tert-OH is 1. The number of hydrogen-bond donors (Lipinski definition) is 2. The van der Waals surface area contributed by atoms with E-state index in [9.17, 15) is 14.7 Å². The van der Waals surface area contributed by atoms with Gasteiger partial charge < -0.3 is 14.6 Å². The molecular weight excluding hydrogens is 508 g/mol. The van der Waals surface area contributed by atoms with E-state index < -0.39 is 41.3 Å². The summed E-state index contributed by atoms with van der Waals surface area (Å²) in [5.74, 6) is 0. The van der Waals surface area contributed by atoms with Crippen molar-refractivity contribution in [3.63, 3.8) is 0 Å². The molecule has 0 aliphatic carbocycles. The number of H-pyrrole nitrogens is 1. The number of aromatic amines is 1. The molecule has 9 heteroatoms. The molecule has 0 bridgehead atoms. The van der Waals surface area contributed by atoms with E-state index in [0.29, 0.717) is 0 Å². The van der Waals surface area contributed by atoms with E-state index >= 15 is 0 Å². The van der Waals surface area contributed by atoms with Crippen molar-refractivity contribution in [2.75, 3.05) is 6.61 Å². The highest BCUT2D eigenvalue weighted by Gasteiger charge is 2.48. The number of ether oxygens (including phenoxy) is 2. The van der Waals surface area contributed by atoms with Crippen LogP contribution in [-0.4, -0.2) is 43.3 Å². The zero-order chi connectivity index (χ0) is 27.5. The molecule has 2 aromatic heterocycles. The van der Waals surface area contributed by atoms with Crippen LogP contribution in [0.4, 0.5) is 0 Å². The van der Waals surface area contributed by atoms with Crippen molar-refractivity contribution in [2.24, 2.45) is 0 Å². The highest BCUT2D eigenvalue weighted by Crippen LogP contribution is 2.43. The Morgan fingerprint density at radius 2 is 1.40 bits per heavy atom. The first-order valence-corrected chi connectivity index (χ1v) is 13.0. The quantitative estimate of drug-likeness (QED) is 0.295. The first kappa shape index (κ1) is 25.7. The molecule has 202 valence electrons. The van der Waals surface area contributed by atoms with Gasteiger partial charge in [-0.15, -0.1) is 0 Å². The molecular formula is C31H28N4O5. The fraction of sp³-hybridized carbons (Fsp3) is 0.194. The van der Waals surface area contributed by atoms with E-state index in [1.165, 1.54) is 16.8 Å². The van der Waals surface area contributed by atoms with Crippen molar-refractivity contribution < 1.29 is 14.6 Å². The van der Waals surface area contributed by atoms with Crippen LogP contribution in [0.25, 0.3) is 0 Å². The maximum absolute atomic E-state index is 12.7. The molecule has 3 heterocycles. The minimum atomic E-state index is -1.08. The molecule has 40 heavy (non-hydrogen) atoms. The van der Waals surface area contributed by atoms with Gasteiger partial charge in [0, 0.05) is 24.7 Å². The first-order chi connectivity index (χ1) is 19.6. The van der Waals surface area contributed by atoms with Crippen molar-refractivity contribution in [2.45, 2.75) is 30.1 Å². The largest absolute Gasteiger partial charge is 0.388 e. The Kier molecular flexibility index (Phi) is 7.00. The van der Waals surface area contributed by atoms with E-state index in [1.807, 2.05) is 91.0 Å². The van der Waals surface area contributed by atoms with E-state index in [2.05, 4.69) is 10.1 Å². The van der Waals surface area contributed by atoms with Crippen LogP contribution in [0.1, 0.15) is 29.0 Å². The van der Waals surface area contributed by atoms with Gasteiger partial charge in [-0.2, -0.15) is 5.10 Å². The zero-order valence-electron chi connectivity index (χ0n) is 21.5. The second-order valence-corrected chi connectivity index (χ2v) is 9.64. The van der Waals surface area contributed by atoms with E-state index in [1.54, 1.807) is 23.1 Å². The third kappa shape index (κ3) is 4.60. The van der Waals surface area contributed by atoms with Gasteiger partial charge in [0.25, 0.3) is 5.56 Å². The number of nitrogens with zero attached hydrogens (tertiary/aromatic N) is 3. The second kappa shape index (κ2) is 10.9. The molecule has 9 nitrogen and oxygen atoms in total. The van der Waals surface area contributed by atoms with Crippen LogP contribution in [0.3, 0.4) is 0 Å². The lowest BCUT2D eigenvalue weighted by atomic mass is 9.80. The topological polar surface area (TPSA) is 111 Å². The van der Waals surface area contributed by atoms with Crippen molar-refractivity contribution in [1.29, 1.82) is 0 Å². The molecule has 6 rings (SSSR count). The van der Waals surface area contributed by atoms with Crippen LogP contribution in [0.2, 0.25) is 0 Å². The minimum absolute atomic E-state index is 0.00772. The zero-order valence-corrected chi connectivity index (χ0v) is 21.5. The van der Waals surface area contributed by atoms with Crippen LogP contribution in [0, 0.1) is 0 Å². The average molecular weight is 537 g/mol. The van der Waals surface area contributed by atoms with E-state index in [0.717, 1.165) is 16.7 Å². The fourth-order valence-corrected chi connectivity index (χ4v) is 5.44. The molecule has 0 unspecified atom stereocenters. The summed E-state index contributed by atoms with van der Waals surface area (Å²) in [5.41, 5.74) is 0.566. The number of aromatic nitrogens is 4. The van der Waals surface area contributed by atoms with Crippen molar-refractivity contribution in [3.8, 4) is 0 Å². The molecule has 0 spiro atoms. The summed E-state index contributed by atoms with van der Waals surface area (Å²) in [7, 11) is 0. The summed E-state index contributed by atoms with van der Waals surface area (Å²) in [5, 5.41) is 15.9. The van der Waals surface area contributed by atoms with E-state index in [-0.39, 0.29) is 6.61 Å². The van der Waals surface area contributed by atoms with Crippen LogP contribution in [0.15, 0.2) is 131 Å². The van der Waals surface area contributed by atoms with Gasteiger partial charge in [-0.3, -0.25) is 19.0 Å². The van der Waals surface area contributed by atoms with Gasteiger partial charge in [0.2, 0.25) is 0 Å².